The molecule has 0 atom stereocenters. The van der Waals surface area contributed by atoms with Crippen molar-refractivity contribution in [3.8, 4) is 40.6 Å². The molecule has 0 saturated carbocycles. The van der Waals surface area contributed by atoms with Crippen molar-refractivity contribution in [3.05, 3.63) is 116 Å². The van der Waals surface area contributed by atoms with Crippen LogP contribution in [0.2, 0.25) is 0 Å². The summed E-state index contributed by atoms with van der Waals surface area (Å²) in [6.07, 6.45) is 1.48. The summed E-state index contributed by atoms with van der Waals surface area (Å²) in [7, 11) is 0. The molecule has 10 heteroatoms. The van der Waals surface area contributed by atoms with Gasteiger partial charge in [-0.2, -0.15) is 4.98 Å². The van der Waals surface area contributed by atoms with Crippen LogP contribution in [0.1, 0.15) is 0 Å². The lowest BCUT2D eigenvalue weighted by atomic mass is 10.1. The lowest BCUT2D eigenvalue weighted by molar-refractivity contribution is 0.611. The van der Waals surface area contributed by atoms with Crippen molar-refractivity contribution >= 4 is 55.1 Å². The van der Waals surface area contributed by atoms with Crippen molar-refractivity contribution in [1.82, 2.24) is 34.5 Å². The fraction of sp³-hybridized carbons (Fsp3) is 0. The molecule has 0 unspecified atom stereocenters. The minimum atomic E-state index is 0.321. The minimum absolute atomic E-state index is 0.321. The maximum absolute atomic E-state index is 6.13. The van der Waals surface area contributed by atoms with Crippen molar-refractivity contribution in [1.29, 1.82) is 0 Å². The molecule has 5 aromatic carbocycles. The van der Waals surface area contributed by atoms with Gasteiger partial charge in [0, 0.05) is 21.9 Å². The maximum Gasteiger partial charge on any atom is 0.266 e. The second-order valence-corrected chi connectivity index (χ2v) is 10.9. The molecule has 0 aliphatic heterocycles. The fourth-order valence-electron chi connectivity index (χ4n) is 5.96. The number of nitrogens with zero attached hydrogens (tertiary/aromatic N) is 7. The van der Waals surface area contributed by atoms with Gasteiger partial charge in [-0.05, 0) is 72.8 Å². The van der Waals surface area contributed by atoms with E-state index in [-0.39, 0.29) is 0 Å². The first-order valence-corrected chi connectivity index (χ1v) is 14.6. The van der Waals surface area contributed by atoms with Crippen LogP contribution in [0.4, 0.5) is 0 Å². The molecule has 0 saturated heterocycles. The van der Waals surface area contributed by atoms with Gasteiger partial charge in [0.2, 0.25) is 23.6 Å². The van der Waals surface area contributed by atoms with Crippen molar-refractivity contribution in [2.45, 2.75) is 0 Å². The smallest absolute Gasteiger partial charge is 0.266 e. The zero-order chi connectivity index (χ0) is 30.2. The van der Waals surface area contributed by atoms with E-state index < -0.39 is 0 Å². The van der Waals surface area contributed by atoms with Gasteiger partial charge in [0.25, 0.3) is 5.89 Å². The first-order valence-electron chi connectivity index (χ1n) is 14.6. The lowest BCUT2D eigenvalue weighted by Crippen LogP contribution is -2.03. The van der Waals surface area contributed by atoms with Crippen molar-refractivity contribution in [3.63, 3.8) is 0 Å². The number of para-hydroxylation sites is 6. The molecule has 10 nitrogen and oxygen atoms in total. The van der Waals surface area contributed by atoms with E-state index in [0.717, 1.165) is 60.6 Å². The van der Waals surface area contributed by atoms with Crippen LogP contribution in [0, 0.1) is 0 Å². The highest BCUT2D eigenvalue weighted by Gasteiger charge is 2.20. The van der Waals surface area contributed by atoms with E-state index in [9.17, 15) is 0 Å². The molecule has 5 aromatic heterocycles. The van der Waals surface area contributed by atoms with E-state index in [1.54, 1.807) is 0 Å². The highest BCUT2D eigenvalue weighted by molar-refractivity contribution is 6.11. The summed E-state index contributed by atoms with van der Waals surface area (Å²) in [6, 6.07) is 35.2. The summed E-state index contributed by atoms with van der Waals surface area (Å²) >= 11 is 0. The molecule has 0 radical (unpaired) electrons. The van der Waals surface area contributed by atoms with E-state index >= 15 is 0 Å². The predicted octanol–water partition coefficient (Wildman–Crippen LogP) is 8.39. The van der Waals surface area contributed by atoms with Gasteiger partial charge in [0.05, 0.1) is 11.0 Å². The van der Waals surface area contributed by atoms with Crippen LogP contribution in [-0.2, 0) is 0 Å². The Balaban J connectivity index is 1.19. The average Bonchev–Trinajstić information content (AvgIpc) is 3.90. The van der Waals surface area contributed by atoms with Gasteiger partial charge in [-0.25, -0.2) is 24.9 Å². The van der Waals surface area contributed by atoms with Crippen molar-refractivity contribution in [2.24, 2.45) is 0 Å². The van der Waals surface area contributed by atoms with Crippen molar-refractivity contribution < 1.29 is 13.3 Å². The molecular weight excluding hydrogens is 578 g/mol. The van der Waals surface area contributed by atoms with Crippen LogP contribution < -0.4 is 0 Å². The number of aromatic nitrogens is 7. The number of oxazole rings is 3. The lowest BCUT2D eigenvalue weighted by Gasteiger charge is -2.06. The zero-order valence-electron chi connectivity index (χ0n) is 23.8. The number of hydrogen-bond acceptors (Lipinski definition) is 9. The molecule has 5 heterocycles. The molecule has 0 bridgehead atoms. The molecule has 46 heavy (non-hydrogen) atoms. The van der Waals surface area contributed by atoms with E-state index in [4.69, 9.17) is 28.2 Å². The van der Waals surface area contributed by atoms with Gasteiger partial charge in [0.1, 0.15) is 22.9 Å². The summed E-state index contributed by atoms with van der Waals surface area (Å²) in [4.78, 5) is 27.9. The first-order chi connectivity index (χ1) is 22.7. The maximum atomic E-state index is 6.13. The van der Waals surface area contributed by atoms with Crippen LogP contribution in [0.25, 0.3) is 95.7 Å². The van der Waals surface area contributed by atoms with Crippen molar-refractivity contribution in [2.75, 3.05) is 0 Å². The predicted molar refractivity (Wildman–Crippen MR) is 173 cm³/mol. The minimum Gasteiger partial charge on any atom is -0.436 e. The Morgan fingerprint density at radius 3 is 1.46 bits per heavy atom. The van der Waals surface area contributed by atoms with E-state index in [2.05, 4.69) is 27.1 Å². The SMILES string of the molecule is c1ccc2oc(-c3ccc4c(c3)c3cc(-c5nc6ccccc6o5)ccc3n4-c3ncnc(-c4nc5ccccc5o4)n3)nc2c1. The molecule has 0 aliphatic carbocycles. The molecule has 216 valence electrons. The Hall–Kier alpha value is -6.68. The first kappa shape index (κ1) is 24.7. The third kappa shape index (κ3) is 3.77. The number of fused-ring (bicyclic) bond motifs is 6. The topological polar surface area (TPSA) is 122 Å². The average molecular weight is 598 g/mol. The third-order valence-electron chi connectivity index (χ3n) is 8.09. The largest absolute Gasteiger partial charge is 0.436 e. The summed E-state index contributed by atoms with van der Waals surface area (Å²) in [5, 5.41) is 1.91. The van der Waals surface area contributed by atoms with Crippen LogP contribution in [0.3, 0.4) is 0 Å². The second-order valence-electron chi connectivity index (χ2n) is 10.9. The highest BCUT2D eigenvalue weighted by Crippen LogP contribution is 2.37. The molecule has 10 aromatic rings. The molecule has 0 aliphatic rings. The normalized spacial score (nSPS) is 11.9. The molecule has 0 spiro atoms. The Morgan fingerprint density at radius 1 is 0.457 bits per heavy atom. The number of hydrogen-bond donors (Lipinski definition) is 0. The highest BCUT2D eigenvalue weighted by atomic mass is 16.4. The Labute approximate surface area is 258 Å². The summed E-state index contributed by atoms with van der Waals surface area (Å²) in [5.41, 5.74) is 7.93. The molecule has 0 N–H and O–H groups in total. The summed E-state index contributed by atoms with van der Waals surface area (Å²) in [6.45, 7) is 0. The standard InChI is InChI=1S/C36H19N7O3/c1-4-10-29-24(7-1)39-33(44-29)20-13-15-27-22(17-20)23-18-21(34-40-25-8-2-5-11-30(25)45-34)14-16-28(23)43(27)36-38-19-37-32(42-36)35-41-26-9-3-6-12-31(26)46-35/h1-19H. The van der Waals surface area contributed by atoms with Crippen LogP contribution in [0.15, 0.2) is 129 Å². The zero-order valence-corrected chi connectivity index (χ0v) is 23.8. The van der Waals surface area contributed by atoms with Gasteiger partial charge < -0.3 is 13.3 Å². The quantitative estimate of drug-likeness (QED) is 0.197. The Bertz CT molecular complexity index is 2560. The molecular formula is C36H19N7O3. The number of rotatable bonds is 4. The fourth-order valence-corrected chi connectivity index (χ4v) is 5.96. The van der Waals surface area contributed by atoms with Gasteiger partial charge in [-0.3, -0.25) is 4.57 Å². The Kier molecular flexibility index (Phi) is 5.06. The second kappa shape index (κ2) is 9.41. The molecule has 10 rings (SSSR count). The molecule has 0 amide bonds. The third-order valence-corrected chi connectivity index (χ3v) is 8.09. The summed E-state index contributed by atoms with van der Waals surface area (Å²) < 4.78 is 20.2. The van der Waals surface area contributed by atoms with Crippen LogP contribution in [0.5, 0.6) is 0 Å². The van der Waals surface area contributed by atoms with Crippen LogP contribution >= 0.6 is 0 Å². The van der Waals surface area contributed by atoms with Gasteiger partial charge >= 0.3 is 0 Å². The summed E-state index contributed by atoms with van der Waals surface area (Å²) in [5.74, 6) is 2.16. The van der Waals surface area contributed by atoms with Gasteiger partial charge in [-0.1, -0.05) is 36.4 Å². The van der Waals surface area contributed by atoms with Crippen LogP contribution in [-0.4, -0.2) is 34.5 Å². The van der Waals surface area contributed by atoms with Gasteiger partial charge in [-0.15, -0.1) is 0 Å². The van der Waals surface area contributed by atoms with E-state index in [1.807, 2.05) is 102 Å². The molecule has 0 fully saturated rings. The van der Waals surface area contributed by atoms with Gasteiger partial charge in [0.15, 0.2) is 16.7 Å². The van der Waals surface area contributed by atoms with E-state index in [0.29, 0.717) is 35.0 Å². The monoisotopic (exact) mass is 597 g/mol. The van der Waals surface area contributed by atoms with E-state index in [1.165, 1.54) is 6.33 Å². The Morgan fingerprint density at radius 2 is 0.935 bits per heavy atom. The number of benzene rings is 5.